The van der Waals surface area contributed by atoms with Gasteiger partial charge in [-0.1, -0.05) is 48.5 Å². The van der Waals surface area contributed by atoms with Gasteiger partial charge in [-0.15, -0.1) is 24.8 Å². The molecule has 4 aromatic rings. The van der Waals surface area contributed by atoms with Crippen LogP contribution in [0.5, 0.6) is 0 Å². The number of carbonyl (C=O) groups is 1. The van der Waals surface area contributed by atoms with E-state index >= 15 is 4.39 Å². The van der Waals surface area contributed by atoms with E-state index in [2.05, 4.69) is 40.2 Å². The summed E-state index contributed by atoms with van der Waals surface area (Å²) in [4.78, 5) is 22.5. The Hall–Kier alpha value is -2.71. The molecule has 42 heavy (non-hydrogen) atoms. The second kappa shape index (κ2) is 15.7. The van der Waals surface area contributed by atoms with E-state index < -0.39 is 6.17 Å². The van der Waals surface area contributed by atoms with E-state index in [1.54, 1.807) is 0 Å². The van der Waals surface area contributed by atoms with E-state index in [1.165, 1.54) is 0 Å². The van der Waals surface area contributed by atoms with Crippen molar-refractivity contribution in [2.75, 3.05) is 26.7 Å². The number of imidazole rings is 1. The highest BCUT2D eigenvalue weighted by molar-refractivity contribution is 5.85. The predicted molar refractivity (Wildman–Crippen MR) is 172 cm³/mol. The summed E-state index contributed by atoms with van der Waals surface area (Å²) in [5.74, 6) is 0.657. The molecule has 0 radical (unpaired) electrons. The predicted octanol–water partition coefficient (Wildman–Crippen LogP) is 7.81. The molecule has 3 aromatic carbocycles. The molecule has 0 spiro atoms. The fourth-order valence-corrected chi connectivity index (χ4v) is 5.85. The first-order valence-electron chi connectivity index (χ1n) is 14.4. The number of para-hydroxylation sites is 2. The Kier molecular flexibility index (Phi) is 12.6. The van der Waals surface area contributed by atoms with Gasteiger partial charge in [0.25, 0.3) is 0 Å². The number of alkyl halides is 1. The number of hydrogen-bond donors (Lipinski definition) is 1. The highest BCUT2D eigenvalue weighted by Gasteiger charge is 2.33. The van der Waals surface area contributed by atoms with Gasteiger partial charge in [-0.2, -0.15) is 0 Å². The van der Waals surface area contributed by atoms with Crippen LogP contribution in [0, 0.1) is 5.92 Å². The normalized spacial score (nSPS) is 19.4. The Balaban J connectivity index is 0.00000242. The molecule has 2 unspecified atom stereocenters. The molecule has 0 amide bonds. The molecule has 1 aliphatic rings. The molecule has 9 heteroatoms. The molecular formula is C33H42Cl2FN3O3. The number of nitrogens with zero attached hydrogens (tertiary/aromatic N) is 2. The number of aromatic amines is 1. The largest absolute Gasteiger partial charge is 0.461 e. The monoisotopic (exact) mass is 617 g/mol. The minimum Gasteiger partial charge on any atom is -0.461 e. The molecule has 1 aromatic heterocycles. The molecule has 0 bridgehead atoms. The molecule has 1 saturated carbocycles. The van der Waals surface area contributed by atoms with Crippen LogP contribution in [0.1, 0.15) is 62.9 Å². The van der Waals surface area contributed by atoms with E-state index in [0.717, 1.165) is 52.6 Å². The van der Waals surface area contributed by atoms with Crippen LogP contribution < -0.4 is 0 Å². The topological polar surface area (TPSA) is 67.5 Å². The van der Waals surface area contributed by atoms with E-state index in [1.807, 2.05) is 57.3 Å². The van der Waals surface area contributed by atoms with Gasteiger partial charge in [0.1, 0.15) is 18.6 Å². The summed E-state index contributed by atoms with van der Waals surface area (Å²) in [7, 11) is 2.04. The van der Waals surface area contributed by atoms with Gasteiger partial charge < -0.3 is 19.4 Å². The molecule has 0 aliphatic heterocycles. The lowest BCUT2D eigenvalue weighted by Gasteiger charge is -2.33. The number of aromatic nitrogens is 2. The van der Waals surface area contributed by atoms with Crippen molar-refractivity contribution in [3.05, 3.63) is 78.1 Å². The quantitative estimate of drug-likeness (QED) is 0.174. The van der Waals surface area contributed by atoms with Crippen molar-refractivity contribution in [1.82, 2.24) is 14.9 Å². The second-order valence-electron chi connectivity index (χ2n) is 11.4. The number of nitrogens with one attached hydrogen (secondary N) is 1. The van der Waals surface area contributed by atoms with Crippen LogP contribution in [0.25, 0.3) is 21.8 Å². The van der Waals surface area contributed by atoms with Crippen LogP contribution in [-0.2, 0) is 14.3 Å². The summed E-state index contributed by atoms with van der Waals surface area (Å²) in [5.41, 5.74) is 2.98. The Morgan fingerprint density at radius 2 is 1.79 bits per heavy atom. The van der Waals surface area contributed by atoms with Gasteiger partial charge in [0, 0.05) is 24.9 Å². The summed E-state index contributed by atoms with van der Waals surface area (Å²) in [5, 5.41) is 2.29. The Morgan fingerprint density at radius 1 is 1.05 bits per heavy atom. The maximum Gasteiger partial charge on any atom is 0.332 e. The number of H-pyrrole nitrogens is 1. The Labute approximate surface area is 260 Å². The zero-order valence-electron chi connectivity index (χ0n) is 24.5. The SMILES string of the molecule is CC(C)OC(=O)COC(CCN(C)C[C@@H]1CC[C@H](c2nc3ccccc3[nH]2)CC1F)c1ccc2ccccc2c1.Cl.Cl. The molecule has 1 fully saturated rings. The van der Waals surface area contributed by atoms with Gasteiger partial charge in [-0.05, 0) is 81.1 Å². The zero-order chi connectivity index (χ0) is 28.1. The number of benzene rings is 3. The zero-order valence-corrected chi connectivity index (χ0v) is 26.1. The highest BCUT2D eigenvalue weighted by Crippen LogP contribution is 2.37. The van der Waals surface area contributed by atoms with Crippen molar-refractivity contribution in [2.45, 2.75) is 63.8 Å². The molecule has 1 aliphatic carbocycles. The van der Waals surface area contributed by atoms with Crippen molar-refractivity contribution in [2.24, 2.45) is 5.92 Å². The van der Waals surface area contributed by atoms with Crippen LogP contribution in [0.4, 0.5) is 4.39 Å². The summed E-state index contributed by atoms with van der Waals surface area (Å²) < 4.78 is 26.8. The van der Waals surface area contributed by atoms with Gasteiger partial charge in [0.15, 0.2) is 0 Å². The molecule has 6 nitrogen and oxygen atoms in total. The molecule has 5 rings (SSSR count). The molecular weight excluding hydrogens is 576 g/mol. The summed E-state index contributed by atoms with van der Waals surface area (Å²) >= 11 is 0. The number of ether oxygens (including phenoxy) is 2. The maximum atomic E-state index is 15.4. The highest BCUT2D eigenvalue weighted by atomic mass is 35.5. The summed E-state index contributed by atoms with van der Waals surface area (Å²) in [6.07, 6.45) is 1.63. The number of carbonyl (C=O) groups excluding carboxylic acids is 1. The van der Waals surface area contributed by atoms with Crippen LogP contribution in [0.15, 0.2) is 66.7 Å². The minimum atomic E-state index is -0.868. The van der Waals surface area contributed by atoms with E-state index in [4.69, 9.17) is 14.5 Å². The number of halogens is 3. The number of esters is 1. The third-order valence-corrected chi connectivity index (χ3v) is 7.94. The Morgan fingerprint density at radius 3 is 2.52 bits per heavy atom. The second-order valence-corrected chi connectivity index (χ2v) is 11.4. The first-order chi connectivity index (χ1) is 19.4. The van der Waals surface area contributed by atoms with Gasteiger partial charge in [-0.25, -0.2) is 14.2 Å². The van der Waals surface area contributed by atoms with E-state index in [0.29, 0.717) is 19.4 Å². The third-order valence-electron chi connectivity index (χ3n) is 7.94. The van der Waals surface area contributed by atoms with Crippen molar-refractivity contribution in [3.8, 4) is 0 Å². The number of hydrogen-bond acceptors (Lipinski definition) is 5. The number of rotatable bonds is 11. The van der Waals surface area contributed by atoms with Crippen molar-refractivity contribution in [3.63, 3.8) is 0 Å². The lowest BCUT2D eigenvalue weighted by atomic mass is 9.80. The standard InChI is InChI=1S/C33H40FN3O3.2ClH/c1-22(2)40-32(38)21-39-31(25-13-12-23-8-4-5-9-24(23)18-25)16-17-37(3)20-27-15-14-26(19-28(27)34)33-35-29-10-6-7-11-30(29)36-33;;/h4-13,18,22,26-28,31H,14-17,19-21H2,1-3H3,(H,35,36);2*1H/t26-,27-,28?,31?;;/m0../s1. The van der Waals surface area contributed by atoms with Crippen LogP contribution in [-0.4, -0.2) is 59.9 Å². The van der Waals surface area contributed by atoms with E-state index in [9.17, 15) is 4.79 Å². The molecule has 228 valence electrons. The molecule has 1 heterocycles. The van der Waals surface area contributed by atoms with Crippen LogP contribution >= 0.6 is 24.8 Å². The van der Waals surface area contributed by atoms with E-state index in [-0.39, 0.29) is 61.4 Å². The summed E-state index contributed by atoms with van der Waals surface area (Å²) in [6, 6.07) is 22.5. The summed E-state index contributed by atoms with van der Waals surface area (Å²) in [6.45, 7) is 4.98. The maximum absolute atomic E-state index is 15.4. The van der Waals surface area contributed by atoms with Crippen molar-refractivity contribution < 1.29 is 18.7 Å². The first-order valence-corrected chi connectivity index (χ1v) is 14.4. The van der Waals surface area contributed by atoms with Crippen molar-refractivity contribution >= 4 is 52.6 Å². The first kappa shape index (κ1) is 33.8. The lowest BCUT2D eigenvalue weighted by molar-refractivity contribution is -0.155. The Bertz CT molecular complexity index is 1400. The third kappa shape index (κ3) is 8.66. The van der Waals surface area contributed by atoms with Crippen molar-refractivity contribution in [1.29, 1.82) is 0 Å². The van der Waals surface area contributed by atoms with Gasteiger partial charge in [0.05, 0.1) is 23.2 Å². The average Bonchev–Trinajstić information content (AvgIpc) is 3.38. The van der Waals surface area contributed by atoms with Crippen LogP contribution in [0.2, 0.25) is 0 Å². The fourth-order valence-electron chi connectivity index (χ4n) is 5.85. The minimum absolute atomic E-state index is 0. The number of fused-ring (bicyclic) bond motifs is 2. The van der Waals surface area contributed by atoms with Crippen LogP contribution in [0.3, 0.4) is 0 Å². The fraction of sp³-hybridized carbons (Fsp3) is 0.455. The molecule has 1 N–H and O–H groups in total. The lowest BCUT2D eigenvalue weighted by Crippen LogP contribution is -2.36. The average molecular weight is 619 g/mol. The van der Waals surface area contributed by atoms with Gasteiger partial charge in [0.2, 0.25) is 0 Å². The van der Waals surface area contributed by atoms with Gasteiger partial charge >= 0.3 is 5.97 Å². The molecule has 4 atom stereocenters. The molecule has 0 saturated heterocycles. The smallest absolute Gasteiger partial charge is 0.332 e. The van der Waals surface area contributed by atoms with Gasteiger partial charge in [-0.3, -0.25) is 0 Å².